The fourth-order valence-corrected chi connectivity index (χ4v) is 2.79. The van der Waals surface area contributed by atoms with Crippen molar-refractivity contribution in [2.75, 3.05) is 5.32 Å². The predicted octanol–water partition coefficient (Wildman–Crippen LogP) is 3.86. The number of carboxylic acids is 1. The largest absolute Gasteiger partial charge is 0.477 e. The summed E-state index contributed by atoms with van der Waals surface area (Å²) in [5.74, 6) is -0.348. The van der Waals surface area contributed by atoms with Crippen LogP contribution in [-0.4, -0.2) is 26.0 Å². The number of nitrogens with zero attached hydrogens (tertiary/aromatic N) is 2. The van der Waals surface area contributed by atoms with Crippen LogP contribution in [0.25, 0.3) is 21.8 Å². The summed E-state index contributed by atoms with van der Waals surface area (Å²) >= 11 is 0. The summed E-state index contributed by atoms with van der Waals surface area (Å²) in [6.45, 7) is 2.02. The Morgan fingerprint density at radius 2 is 2.08 bits per heavy atom. The van der Waals surface area contributed by atoms with Crippen LogP contribution in [0.1, 0.15) is 16.1 Å². The number of fused-ring (bicyclic) bond motifs is 3. The second-order valence-corrected chi connectivity index (χ2v) is 5.62. The molecule has 0 spiro atoms. The number of benzene rings is 1. The Bertz CT molecular complexity index is 1080. The van der Waals surface area contributed by atoms with Crippen LogP contribution in [0.5, 0.6) is 0 Å². The molecule has 0 saturated carbocycles. The minimum absolute atomic E-state index is 0.107. The van der Waals surface area contributed by atoms with E-state index in [1.807, 2.05) is 37.3 Å². The van der Waals surface area contributed by atoms with Gasteiger partial charge in [-0.15, -0.1) is 0 Å². The molecular weight excluding hydrogens is 304 g/mol. The monoisotopic (exact) mass is 318 g/mol. The molecule has 0 atom stereocenters. The summed E-state index contributed by atoms with van der Waals surface area (Å²) in [6, 6.07) is 11.4. The first-order chi connectivity index (χ1) is 11.6. The zero-order valence-electron chi connectivity index (χ0n) is 12.9. The van der Waals surface area contributed by atoms with Gasteiger partial charge in [0, 0.05) is 28.9 Å². The van der Waals surface area contributed by atoms with Crippen molar-refractivity contribution >= 4 is 39.3 Å². The topological polar surface area (TPSA) is 90.9 Å². The molecule has 0 radical (unpaired) electrons. The van der Waals surface area contributed by atoms with Gasteiger partial charge in [0.1, 0.15) is 11.5 Å². The molecule has 0 aliphatic carbocycles. The van der Waals surface area contributed by atoms with Crippen molar-refractivity contribution in [2.24, 2.45) is 0 Å². The van der Waals surface area contributed by atoms with Gasteiger partial charge in [0.2, 0.25) is 0 Å². The highest BCUT2D eigenvalue weighted by Gasteiger charge is 2.14. The summed E-state index contributed by atoms with van der Waals surface area (Å²) in [4.78, 5) is 22.9. The van der Waals surface area contributed by atoms with Crippen LogP contribution in [-0.2, 0) is 0 Å². The lowest BCUT2D eigenvalue weighted by molar-refractivity contribution is 0.0691. The van der Waals surface area contributed by atoms with Crippen LogP contribution in [0, 0.1) is 6.92 Å². The van der Waals surface area contributed by atoms with Gasteiger partial charge in [-0.1, -0.05) is 12.1 Å². The molecule has 4 aromatic rings. The number of hydrogen-bond acceptors (Lipinski definition) is 4. The summed E-state index contributed by atoms with van der Waals surface area (Å²) in [7, 11) is 0. The lowest BCUT2D eigenvalue weighted by atomic mass is 10.1. The third-order valence-electron chi connectivity index (χ3n) is 3.89. The number of hydrogen-bond donors (Lipinski definition) is 3. The summed E-state index contributed by atoms with van der Waals surface area (Å²) in [6.07, 6.45) is 3.40. The van der Waals surface area contributed by atoms with Gasteiger partial charge in [0.05, 0.1) is 11.0 Å². The number of carbonyl (C=O) groups is 1. The maximum atomic E-state index is 11.2. The van der Waals surface area contributed by atoms with Gasteiger partial charge in [0.15, 0.2) is 0 Å². The van der Waals surface area contributed by atoms with E-state index in [2.05, 4.69) is 20.3 Å². The van der Waals surface area contributed by atoms with Crippen molar-refractivity contribution in [1.29, 1.82) is 0 Å². The van der Waals surface area contributed by atoms with Gasteiger partial charge >= 0.3 is 5.97 Å². The van der Waals surface area contributed by atoms with Crippen molar-refractivity contribution in [3.8, 4) is 0 Å². The van der Waals surface area contributed by atoms with E-state index in [1.54, 1.807) is 12.4 Å². The number of aromatic carboxylic acids is 1. The molecule has 0 unspecified atom stereocenters. The fourth-order valence-electron chi connectivity index (χ4n) is 2.79. The zero-order chi connectivity index (χ0) is 16.7. The molecule has 0 aliphatic rings. The molecule has 3 heterocycles. The average molecular weight is 318 g/mol. The Morgan fingerprint density at radius 3 is 2.88 bits per heavy atom. The highest BCUT2D eigenvalue weighted by molar-refractivity contribution is 6.10. The SMILES string of the molecule is Cc1cccc(Nc2nc3cc(C(=O)O)[nH]c3c3cnccc23)c1. The van der Waals surface area contributed by atoms with Crippen molar-refractivity contribution in [3.63, 3.8) is 0 Å². The van der Waals surface area contributed by atoms with Gasteiger partial charge in [-0.2, -0.15) is 0 Å². The van der Waals surface area contributed by atoms with E-state index in [0.717, 1.165) is 22.0 Å². The van der Waals surface area contributed by atoms with Crippen LogP contribution in [0.2, 0.25) is 0 Å². The number of H-pyrrole nitrogens is 1. The van der Waals surface area contributed by atoms with Gasteiger partial charge in [-0.05, 0) is 36.8 Å². The summed E-state index contributed by atoms with van der Waals surface area (Å²) in [5.41, 5.74) is 3.43. The molecule has 6 heteroatoms. The molecule has 0 bridgehead atoms. The molecule has 3 N–H and O–H groups in total. The Kier molecular flexibility index (Phi) is 3.16. The number of nitrogens with one attached hydrogen (secondary N) is 2. The van der Waals surface area contributed by atoms with E-state index in [1.165, 1.54) is 6.07 Å². The lowest BCUT2D eigenvalue weighted by Crippen LogP contribution is -1.96. The first-order valence-electron chi connectivity index (χ1n) is 7.45. The van der Waals surface area contributed by atoms with Gasteiger partial charge in [-0.25, -0.2) is 9.78 Å². The first-order valence-corrected chi connectivity index (χ1v) is 7.45. The van der Waals surface area contributed by atoms with E-state index in [9.17, 15) is 9.90 Å². The average Bonchev–Trinajstić information content (AvgIpc) is 3.00. The van der Waals surface area contributed by atoms with Crippen molar-refractivity contribution < 1.29 is 9.90 Å². The standard InChI is InChI=1S/C18H14N4O2/c1-10-3-2-4-11(7-10)20-17-12-5-6-19-9-13(12)16-14(22-17)8-15(21-16)18(23)24/h2-9,21H,1H3,(H,20,22)(H,23,24). The van der Waals surface area contributed by atoms with Crippen LogP contribution in [0.3, 0.4) is 0 Å². The Labute approximate surface area is 137 Å². The molecule has 3 aromatic heterocycles. The zero-order valence-corrected chi connectivity index (χ0v) is 12.9. The van der Waals surface area contributed by atoms with E-state index >= 15 is 0 Å². The lowest BCUT2D eigenvalue weighted by Gasteiger charge is -2.10. The molecule has 0 aliphatic heterocycles. The minimum atomic E-state index is -1.02. The molecule has 118 valence electrons. The summed E-state index contributed by atoms with van der Waals surface area (Å²) in [5, 5.41) is 14.2. The normalized spacial score (nSPS) is 11.0. The number of aryl methyl sites for hydroxylation is 1. The number of rotatable bonds is 3. The second kappa shape index (κ2) is 5.34. The van der Waals surface area contributed by atoms with Gasteiger partial charge in [0.25, 0.3) is 0 Å². The number of pyridine rings is 2. The third-order valence-corrected chi connectivity index (χ3v) is 3.89. The highest BCUT2D eigenvalue weighted by atomic mass is 16.4. The Balaban J connectivity index is 1.94. The Morgan fingerprint density at radius 1 is 1.21 bits per heavy atom. The van der Waals surface area contributed by atoms with E-state index < -0.39 is 5.97 Å². The van der Waals surface area contributed by atoms with E-state index in [0.29, 0.717) is 16.9 Å². The first kappa shape index (κ1) is 14.2. The molecule has 4 rings (SSSR count). The molecule has 1 aromatic carbocycles. The molecule has 6 nitrogen and oxygen atoms in total. The molecule has 0 amide bonds. The van der Waals surface area contributed by atoms with Gasteiger partial charge in [-0.3, -0.25) is 4.98 Å². The van der Waals surface area contributed by atoms with E-state index in [4.69, 9.17) is 0 Å². The van der Waals surface area contributed by atoms with Gasteiger partial charge < -0.3 is 15.4 Å². The number of anilines is 2. The van der Waals surface area contributed by atoms with Crippen molar-refractivity contribution in [1.82, 2.24) is 15.0 Å². The van der Waals surface area contributed by atoms with Crippen molar-refractivity contribution in [3.05, 3.63) is 60.0 Å². The van der Waals surface area contributed by atoms with Crippen LogP contribution in [0.15, 0.2) is 48.8 Å². The quantitative estimate of drug-likeness (QED) is 0.533. The minimum Gasteiger partial charge on any atom is -0.477 e. The third kappa shape index (κ3) is 2.34. The van der Waals surface area contributed by atoms with Crippen LogP contribution >= 0.6 is 0 Å². The Hall–Kier alpha value is -3.41. The van der Waals surface area contributed by atoms with E-state index in [-0.39, 0.29) is 5.69 Å². The maximum absolute atomic E-state index is 11.2. The smallest absolute Gasteiger partial charge is 0.352 e. The number of aromatic nitrogens is 3. The number of carboxylic acid groups (broad SMARTS) is 1. The molecule has 0 fully saturated rings. The molecule has 24 heavy (non-hydrogen) atoms. The highest BCUT2D eigenvalue weighted by Crippen LogP contribution is 2.30. The van der Waals surface area contributed by atoms with Crippen molar-refractivity contribution in [2.45, 2.75) is 6.92 Å². The molecular formula is C18H14N4O2. The predicted molar refractivity (Wildman–Crippen MR) is 92.8 cm³/mol. The number of aromatic amines is 1. The van der Waals surface area contributed by atoms with Crippen LogP contribution in [0.4, 0.5) is 11.5 Å². The molecule has 0 saturated heterocycles. The second-order valence-electron chi connectivity index (χ2n) is 5.62. The maximum Gasteiger partial charge on any atom is 0.352 e. The summed E-state index contributed by atoms with van der Waals surface area (Å²) < 4.78 is 0. The fraction of sp³-hybridized carbons (Fsp3) is 0.0556. The van der Waals surface area contributed by atoms with Crippen LogP contribution < -0.4 is 5.32 Å².